The summed E-state index contributed by atoms with van der Waals surface area (Å²) in [5.41, 5.74) is 7.12. The first-order valence-corrected chi connectivity index (χ1v) is 10.3. The molecule has 5 rings (SSSR count). The number of halogens is 1. The topological polar surface area (TPSA) is 55.1 Å². The first-order valence-electron chi connectivity index (χ1n) is 9.93. The normalized spacial score (nSPS) is 13.1. The molecule has 0 amide bonds. The Kier molecular flexibility index (Phi) is 4.47. The number of rotatable bonds is 4. The quantitative estimate of drug-likeness (QED) is 0.507. The predicted octanol–water partition coefficient (Wildman–Crippen LogP) is 5.22. The molecule has 0 aliphatic heterocycles. The molecule has 1 aliphatic rings. The van der Waals surface area contributed by atoms with E-state index in [2.05, 4.69) is 37.4 Å². The lowest BCUT2D eigenvalue weighted by molar-refractivity contribution is 0.885. The molecule has 0 radical (unpaired) electrons. The van der Waals surface area contributed by atoms with Crippen LogP contribution in [0.25, 0.3) is 5.78 Å². The Bertz CT molecular complexity index is 1210. The van der Waals surface area contributed by atoms with Gasteiger partial charge in [0.1, 0.15) is 5.82 Å². The molecule has 29 heavy (non-hydrogen) atoms. The van der Waals surface area contributed by atoms with Gasteiger partial charge >= 0.3 is 0 Å². The fraction of sp³-hybridized carbons (Fsp3) is 0.261. The van der Waals surface area contributed by atoms with E-state index in [0.29, 0.717) is 12.2 Å². The fourth-order valence-corrected chi connectivity index (χ4v) is 3.99. The molecule has 1 N–H and O–H groups in total. The highest BCUT2D eigenvalue weighted by Gasteiger charge is 2.22. The summed E-state index contributed by atoms with van der Waals surface area (Å²) < 4.78 is 1.87. The van der Waals surface area contributed by atoms with Gasteiger partial charge in [0, 0.05) is 22.7 Å². The molecule has 0 saturated heterocycles. The van der Waals surface area contributed by atoms with Crippen LogP contribution in [0, 0.1) is 13.8 Å². The van der Waals surface area contributed by atoms with Gasteiger partial charge in [0.05, 0.1) is 5.69 Å². The highest BCUT2D eigenvalue weighted by Crippen LogP contribution is 2.31. The maximum Gasteiger partial charge on any atom is 0.254 e. The van der Waals surface area contributed by atoms with Crippen molar-refractivity contribution in [2.24, 2.45) is 0 Å². The summed E-state index contributed by atoms with van der Waals surface area (Å²) in [5.74, 6) is 2.40. The molecule has 0 atom stereocenters. The lowest BCUT2D eigenvalue weighted by atomic mass is 10.1. The number of anilines is 2. The third-order valence-electron chi connectivity index (χ3n) is 5.60. The van der Waals surface area contributed by atoms with Crippen LogP contribution in [-0.2, 0) is 19.3 Å². The molecule has 0 bridgehead atoms. The standard InChI is InChI=1S/C23H22ClN5/c1-14-6-11-18(12-15(14)2)25-22-19-4-3-5-20(19)26-23-27-21(28-29(22)23)13-16-7-9-17(24)10-8-16/h6-12,25H,3-5,13H2,1-2H3. The SMILES string of the molecule is Cc1ccc(Nc2c3c(nc4nc(Cc5ccc(Cl)cc5)nn24)CCC3)cc1C. The number of hydrogen-bond donors (Lipinski definition) is 1. The Hall–Kier alpha value is -2.92. The lowest BCUT2D eigenvalue weighted by Crippen LogP contribution is -2.07. The van der Waals surface area contributed by atoms with E-state index in [1.165, 1.54) is 16.7 Å². The van der Waals surface area contributed by atoms with Crippen molar-refractivity contribution in [3.63, 3.8) is 0 Å². The van der Waals surface area contributed by atoms with E-state index in [-0.39, 0.29) is 0 Å². The van der Waals surface area contributed by atoms with Gasteiger partial charge < -0.3 is 5.32 Å². The van der Waals surface area contributed by atoms with E-state index < -0.39 is 0 Å². The first-order chi connectivity index (χ1) is 14.1. The maximum absolute atomic E-state index is 6.00. The average molecular weight is 404 g/mol. The van der Waals surface area contributed by atoms with Gasteiger partial charge in [-0.15, -0.1) is 5.10 Å². The van der Waals surface area contributed by atoms with E-state index >= 15 is 0 Å². The first kappa shape index (κ1) is 18.1. The summed E-state index contributed by atoms with van der Waals surface area (Å²) >= 11 is 6.00. The zero-order chi connectivity index (χ0) is 20.0. The van der Waals surface area contributed by atoms with Crippen LogP contribution in [0.3, 0.4) is 0 Å². The van der Waals surface area contributed by atoms with Crippen LogP contribution in [0.5, 0.6) is 0 Å². The summed E-state index contributed by atoms with van der Waals surface area (Å²) in [6, 6.07) is 14.2. The summed E-state index contributed by atoms with van der Waals surface area (Å²) in [6.45, 7) is 4.26. The van der Waals surface area contributed by atoms with Crippen molar-refractivity contribution in [1.29, 1.82) is 0 Å². The van der Waals surface area contributed by atoms with E-state index in [4.69, 9.17) is 26.7 Å². The van der Waals surface area contributed by atoms with Crippen molar-refractivity contribution < 1.29 is 0 Å². The highest BCUT2D eigenvalue weighted by atomic mass is 35.5. The molecule has 2 aromatic carbocycles. The molecule has 5 nitrogen and oxygen atoms in total. The summed E-state index contributed by atoms with van der Waals surface area (Å²) in [6.07, 6.45) is 3.77. The van der Waals surface area contributed by atoms with Crippen molar-refractivity contribution in [1.82, 2.24) is 19.6 Å². The summed E-state index contributed by atoms with van der Waals surface area (Å²) in [7, 11) is 0. The average Bonchev–Trinajstić information content (AvgIpc) is 3.33. The van der Waals surface area contributed by atoms with Crippen molar-refractivity contribution in [2.75, 3.05) is 5.32 Å². The second kappa shape index (κ2) is 7.16. The van der Waals surface area contributed by atoms with Crippen LogP contribution in [-0.4, -0.2) is 19.6 Å². The molecule has 6 heteroatoms. The highest BCUT2D eigenvalue weighted by molar-refractivity contribution is 6.30. The van der Waals surface area contributed by atoms with Gasteiger partial charge in [0.15, 0.2) is 5.82 Å². The third kappa shape index (κ3) is 3.47. The van der Waals surface area contributed by atoms with Gasteiger partial charge in [-0.25, -0.2) is 4.98 Å². The minimum atomic E-state index is 0.647. The number of hydrogen-bond acceptors (Lipinski definition) is 4. The van der Waals surface area contributed by atoms with Crippen LogP contribution in [0.4, 0.5) is 11.5 Å². The minimum absolute atomic E-state index is 0.647. The second-order valence-corrected chi connectivity index (χ2v) is 8.14. The van der Waals surface area contributed by atoms with Gasteiger partial charge in [-0.2, -0.15) is 9.50 Å². The van der Waals surface area contributed by atoms with Crippen molar-refractivity contribution in [3.05, 3.63) is 81.3 Å². The number of benzene rings is 2. The predicted molar refractivity (Wildman–Crippen MR) is 116 cm³/mol. The van der Waals surface area contributed by atoms with Crippen molar-refractivity contribution in [3.8, 4) is 0 Å². The molecule has 0 saturated carbocycles. The maximum atomic E-state index is 6.00. The molecule has 146 valence electrons. The molecular formula is C23H22ClN5. The molecular weight excluding hydrogens is 382 g/mol. The van der Waals surface area contributed by atoms with E-state index in [0.717, 1.165) is 52.9 Å². The van der Waals surface area contributed by atoms with Gasteiger partial charge in [-0.1, -0.05) is 29.8 Å². The van der Waals surface area contributed by atoms with Gasteiger partial charge in [-0.05, 0) is 74.1 Å². The van der Waals surface area contributed by atoms with Crippen molar-refractivity contribution in [2.45, 2.75) is 39.5 Å². The number of aromatic nitrogens is 4. The molecule has 0 fully saturated rings. The van der Waals surface area contributed by atoms with Gasteiger partial charge in [0.2, 0.25) is 0 Å². The Morgan fingerprint density at radius 3 is 2.62 bits per heavy atom. The zero-order valence-electron chi connectivity index (χ0n) is 16.5. The molecule has 0 unspecified atom stereocenters. The van der Waals surface area contributed by atoms with Crippen LogP contribution in [0.1, 0.15) is 40.2 Å². The van der Waals surface area contributed by atoms with Gasteiger partial charge in [-0.3, -0.25) is 0 Å². The van der Waals surface area contributed by atoms with Crippen LogP contribution < -0.4 is 5.32 Å². The van der Waals surface area contributed by atoms with E-state index in [9.17, 15) is 0 Å². The number of nitrogens with one attached hydrogen (secondary N) is 1. The van der Waals surface area contributed by atoms with Crippen LogP contribution in [0.15, 0.2) is 42.5 Å². The van der Waals surface area contributed by atoms with Gasteiger partial charge in [0.25, 0.3) is 5.78 Å². The number of fused-ring (bicyclic) bond motifs is 2. The Balaban J connectivity index is 1.56. The Labute approximate surface area is 174 Å². The largest absolute Gasteiger partial charge is 0.340 e. The number of aryl methyl sites for hydroxylation is 3. The fourth-order valence-electron chi connectivity index (χ4n) is 3.87. The lowest BCUT2D eigenvalue weighted by Gasteiger charge is -2.13. The molecule has 4 aromatic rings. The van der Waals surface area contributed by atoms with Crippen LogP contribution in [0.2, 0.25) is 5.02 Å². The molecule has 1 aliphatic carbocycles. The third-order valence-corrected chi connectivity index (χ3v) is 5.85. The Morgan fingerprint density at radius 2 is 1.83 bits per heavy atom. The van der Waals surface area contributed by atoms with E-state index in [1.54, 1.807) is 0 Å². The summed E-state index contributed by atoms with van der Waals surface area (Å²) in [5, 5.41) is 9.13. The number of nitrogens with zero attached hydrogens (tertiary/aromatic N) is 4. The summed E-state index contributed by atoms with van der Waals surface area (Å²) in [4.78, 5) is 9.50. The monoisotopic (exact) mass is 403 g/mol. The Morgan fingerprint density at radius 1 is 1.00 bits per heavy atom. The van der Waals surface area contributed by atoms with Crippen molar-refractivity contribution >= 4 is 28.9 Å². The molecule has 2 heterocycles. The molecule has 2 aromatic heterocycles. The minimum Gasteiger partial charge on any atom is -0.340 e. The smallest absolute Gasteiger partial charge is 0.254 e. The molecule has 0 spiro atoms. The second-order valence-electron chi connectivity index (χ2n) is 7.71. The van der Waals surface area contributed by atoms with Crippen LogP contribution >= 0.6 is 11.6 Å². The zero-order valence-corrected chi connectivity index (χ0v) is 17.3. The van der Waals surface area contributed by atoms with E-state index in [1.807, 2.05) is 28.8 Å².